The van der Waals surface area contributed by atoms with Crippen molar-refractivity contribution in [2.24, 2.45) is 11.8 Å². The van der Waals surface area contributed by atoms with Gasteiger partial charge in [0.15, 0.2) is 0 Å². The maximum atomic E-state index is 8.73. The molecule has 1 aliphatic heterocycles. The SMILES string of the molecule is CC1CCCNCCOCC(CC#N)C1. The maximum Gasteiger partial charge on any atom is 0.0625 e. The first-order valence-electron chi connectivity index (χ1n) is 5.98. The first-order chi connectivity index (χ1) is 7.33. The van der Waals surface area contributed by atoms with E-state index in [1.807, 2.05) is 0 Å². The van der Waals surface area contributed by atoms with E-state index >= 15 is 0 Å². The lowest BCUT2D eigenvalue weighted by Crippen LogP contribution is -2.21. The molecule has 0 amide bonds. The van der Waals surface area contributed by atoms with Gasteiger partial charge in [0, 0.05) is 13.0 Å². The Hall–Kier alpha value is -0.590. The predicted octanol–water partition coefficient (Wildman–Crippen LogP) is 1.94. The van der Waals surface area contributed by atoms with Crippen molar-refractivity contribution in [3.8, 4) is 6.07 Å². The number of ether oxygens (including phenoxy) is 1. The van der Waals surface area contributed by atoms with Crippen LogP contribution in [0, 0.1) is 23.2 Å². The van der Waals surface area contributed by atoms with E-state index in [-0.39, 0.29) is 0 Å². The van der Waals surface area contributed by atoms with Crippen LogP contribution in [0.25, 0.3) is 0 Å². The smallest absolute Gasteiger partial charge is 0.0625 e. The molecule has 0 spiro atoms. The number of nitriles is 1. The Morgan fingerprint density at radius 1 is 1.47 bits per heavy atom. The van der Waals surface area contributed by atoms with E-state index in [9.17, 15) is 0 Å². The van der Waals surface area contributed by atoms with Gasteiger partial charge >= 0.3 is 0 Å². The summed E-state index contributed by atoms with van der Waals surface area (Å²) >= 11 is 0. The van der Waals surface area contributed by atoms with Gasteiger partial charge in [0.25, 0.3) is 0 Å². The molecule has 0 aromatic rings. The molecule has 15 heavy (non-hydrogen) atoms. The number of nitrogens with one attached hydrogen (secondary N) is 1. The van der Waals surface area contributed by atoms with Crippen LogP contribution in [0.15, 0.2) is 0 Å². The summed E-state index contributed by atoms with van der Waals surface area (Å²) in [7, 11) is 0. The fourth-order valence-electron chi connectivity index (χ4n) is 2.12. The molecule has 3 heteroatoms. The number of hydrogen-bond acceptors (Lipinski definition) is 3. The van der Waals surface area contributed by atoms with Gasteiger partial charge in [-0.15, -0.1) is 0 Å². The molecule has 1 fully saturated rings. The largest absolute Gasteiger partial charge is 0.380 e. The van der Waals surface area contributed by atoms with Gasteiger partial charge in [0.2, 0.25) is 0 Å². The lowest BCUT2D eigenvalue weighted by Gasteiger charge is -2.17. The minimum Gasteiger partial charge on any atom is -0.380 e. The van der Waals surface area contributed by atoms with E-state index in [4.69, 9.17) is 10.00 Å². The van der Waals surface area contributed by atoms with Crippen LogP contribution >= 0.6 is 0 Å². The molecular weight excluding hydrogens is 188 g/mol. The second-order valence-electron chi connectivity index (χ2n) is 4.54. The third kappa shape index (κ3) is 5.76. The van der Waals surface area contributed by atoms with Crippen LogP contribution in [0.4, 0.5) is 0 Å². The lowest BCUT2D eigenvalue weighted by molar-refractivity contribution is 0.0956. The lowest BCUT2D eigenvalue weighted by atomic mass is 9.91. The van der Waals surface area contributed by atoms with Crippen molar-refractivity contribution in [2.45, 2.75) is 32.6 Å². The zero-order valence-corrected chi connectivity index (χ0v) is 9.67. The molecule has 1 saturated heterocycles. The van der Waals surface area contributed by atoms with Crippen LogP contribution in [0.2, 0.25) is 0 Å². The zero-order valence-electron chi connectivity index (χ0n) is 9.67. The van der Waals surface area contributed by atoms with Crippen LogP contribution in [0.3, 0.4) is 0 Å². The normalized spacial score (nSPS) is 30.1. The first-order valence-corrected chi connectivity index (χ1v) is 5.98. The highest BCUT2D eigenvalue weighted by Gasteiger charge is 2.14. The summed E-state index contributed by atoms with van der Waals surface area (Å²) < 4.78 is 5.57. The van der Waals surface area contributed by atoms with Crippen molar-refractivity contribution in [3.05, 3.63) is 0 Å². The van der Waals surface area contributed by atoms with Gasteiger partial charge in [0.05, 0.1) is 19.3 Å². The summed E-state index contributed by atoms with van der Waals surface area (Å²) in [6, 6.07) is 2.26. The van der Waals surface area contributed by atoms with Crippen molar-refractivity contribution in [1.29, 1.82) is 5.26 Å². The Kier molecular flexibility index (Phi) is 6.38. The number of hydrogen-bond donors (Lipinski definition) is 1. The van der Waals surface area contributed by atoms with Crippen LogP contribution < -0.4 is 5.32 Å². The number of rotatable bonds is 1. The van der Waals surface area contributed by atoms with E-state index in [0.29, 0.717) is 18.3 Å². The zero-order chi connectivity index (χ0) is 10.9. The second-order valence-corrected chi connectivity index (χ2v) is 4.54. The minimum absolute atomic E-state index is 0.433. The summed E-state index contributed by atoms with van der Waals surface area (Å²) in [4.78, 5) is 0. The van der Waals surface area contributed by atoms with Crippen molar-refractivity contribution in [2.75, 3.05) is 26.3 Å². The molecule has 0 aromatic heterocycles. The predicted molar refractivity (Wildman–Crippen MR) is 60.4 cm³/mol. The molecule has 1 heterocycles. The van der Waals surface area contributed by atoms with Crippen LogP contribution in [-0.4, -0.2) is 26.3 Å². The van der Waals surface area contributed by atoms with Gasteiger partial charge in [-0.05, 0) is 37.6 Å². The van der Waals surface area contributed by atoms with Crippen molar-refractivity contribution >= 4 is 0 Å². The first kappa shape index (κ1) is 12.5. The fourth-order valence-corrected chi connectivity index (χ4v) is 2.12. The maximum absolute atomic E-state index is 8.73. The molecule has 2 unspecified atom stereocenters. The van der Waals surface area contributed by atoms with Gasteiger partial charge in [0.1, 0.15) is 0 Å². The van der Waals surface area contributed by atoms with E-state index in [1.54, 1.807) is 0 Å². The third-order valence-corrected chi connectivity index (χ3v) is 2.94. The summed E-state index contributed by atoms with van der Waals surface area (Å²) in [6.07, 6.45) is 4.26. The highest BCUT2D eigenvalue weighted by Crippen LogP contribution is 2.20. The molecule has 0 aliphatic carbocycles. The fraction of sp³-hybridized carbons (Fsp3) is 0.917. The molecule has 0 bridgehead atoms. The molecule has 1 rings (SSSR count). The van der Waals surface area contributed by atoms with E-state index < -0.39 is 0 Å². The van der Waals surface area contributed by atoms with E-state index in [2.05, 4.69) is 18.3 Å². The van der Waals surface area contributed by atoms with Gasteiger partial charge < -0.3 is 10.1 Å². The highest BCUT2D eigenvalue weighted by molar-refractivity contribution is 4.77. The summed E-state index contributed by atoms with van der Waals surface area (Å²) in [5, 5.41) is 12.1. The van der Waals surface area contributed by atoms with Crippen LogP contribution in [0.5, 0.6) is 0 Å². The molecule has 1 N–H and O–H groups in total. The highest BCUT2D eigenvalue weighted by atomic mass is 16.5. The van der Waals surface area contributed by atoms with Crippen LogP contribution in [0.1, 0.15) is 32.6 Å². The second kappa shape index (κ2) is 7.67. The average Bonchev–Trinajstić information content (AvgIpc) is 2.25. The molecule has 1 aliphatic rings. The Balaban J connectivity index is 2.37. The van der Waals surface area contributed by atoms with Gasteiger partial charge in [-0.1, -0.05) is 6.92 Å². The van der Waals surface area contributed by atoms with E-state index in [0.717, 1.165) is 32.7 Å². The summed E-state index contributed by atoms with van der Waals surface area (Å²) in [6.45, 7) is 5.84. The van der Waals surface area contributed by atoms with Gasteiger partial charge in [-0.25, -0.2) is 0 Å². The summed E-state index contributed by atoms with van der Waals surface area (Å²) in [5.74, 6) is 1.15. The Labute approximate surface area is 92.8 Å². The van der Waals surface area contributed by atoms with Crippen LogP contribution in [-0.2, 0) is 4.74 Å². The average molecular weight is 210 g/mol. The molecule has 2 atom stereocenters. The van der Waals surface area contributed by atoms with Crippen molar-refractivity contribution in [1.82, 2.24) is 5.32 Å². The van der Waals surface area contributed by atoms with Gasteiger partial charge in [-0.2, -0.15) is 5.26 Å². The van der Waals surface area contributed by atoms with Gasteiger partial charge in [-0.3, -0.25) is 0 Å². The Morgan fingerprint density at radius 2 is 2.33 bits per heavy atom. The Morgan fingerprint density at radius 3 is 3.13 bits per heavy atom. The minimum atomic E-state index is 0.433. The molecule has 0 radical (unpaired) electrons. The Bertz CT molecular complexity index is 200. The molecule has 86 valence electrons. The molecule has 0 saturated carbocycles. The molecular formula is C12H22N2O. The monoisotopic (exact) mass is 210 g/mol. The summed E-state index contributed by atoms with van der Waals surface area (Å²) in [5.41, 5.74) is 0. The molecule has 0 aromatic carbocycles. The molecule has 3 nitrogen and oxygen atoms in total. The van der Waals surface area contributed by atoms with Crippen molar-refractivity contribution < 1.29 is 4.74 Å². The standard InChI is InChI=1S/C12H22N2O/c1-11-3-2-6-14-7-8-15-10-12(9-11)4-5-13/h11-12,14H,2-4,6-10H2,1H3. The topological polar surface area (TPSA) is 45.0 Å². The third-order valence-electron chi connectivity index (χ3n) is 2.94. The number of nitrogens with zero attached hydrogens (tertiary/aromatic N) is 1. The van der Waals surface area contributed by atoms with Crippen molar-refractivity contribution in [3.63, 3.8) is 0 Å². The quantitative estimate of drug-likeness (QED) is 0.719. The van der Waals surface area contributed by atoms with E-state index in [1.165, 1.54) is 12.8 Å².